The third-order valence-electron chi connectivity index (χ3n) is 5.72. The fourth-order valence-corrected chi connectivity index (χ4v) is 3.76. The largest absolute Gasteiger partial charge is 0.385 e. The van der Waals surface area contributed by atoms with Gasteiger partial charge in [0.15, 0.2) is 0 Å². The molecule has 0 amide bonds. The molecule has 0 aliphatic heterocycles. The maximum Gasteiger partial charge on any atom is 0.0474 e. The van der Waals surface area contributed by atoms with Crippen molar-refractivity contribution in [2.45, 2.75) is 71.9 Å². The number of hydrogen-bond acceptors (Lipinski definition) is 3. The molecule has 0 heterocycles. The summed E-state index contributed by atoms with van der Waals surface area (Å²) in [4.78, 5) is 2.57. The normalized spacial score (nSPS) is 27.3. The molecular weight excluding hydrogens is 260 g/mol. The summed E-state index contributed by atoms with van der Waals surface area (Å²) in [6.07, 6.45) is 6.44. The molecule has 1 N–H and O–H groups in total. The number of rotatable bonds is 9. The van der Waals surface area contributed by atoms with E-state index in [0.29, 0.717) is 17.5 Å². The summed E-state index contributed by atoms with van der Waals surface area (Å²) in [6, 6.07) is 1.33. The van der Waals surface area contributed by atoms with Crippen LogP contribution in [0.25, 0.3) is 0 Å². The molecule has 3 heteroatoms. The minimum absolute atomic E-state index is 0.475. The minimum Gasteiger partial charge on any atom is -0.385 e. The van der Waals surface area contributed by atoms with Crippen LogP contribution in [0.15, 0.2) is 0 Å². The molecule has 1 fully saturated rings. The lowest BCUT2D eigenvalue weighted by Crippen LogP contribution is -2.53. The molecule has 21 heavy (non-hydrogen) atoms. The Morgan fingerprint density at radius 2 is 1.95 bits per heavy atom. The Bertz CT molecular complexity index is 280. The molecule has 0 spiro atoms. The van der Waals surface area contributed by atoms with Crippen LogP contribution in [-0.4, -0.2) is 50.8 Å². The van der Waals surface area contributed by atoms with Gasteiger partial charge in [0.1, 0.15) is 0 Å². The fourth-order valence-electron chi connectivity index (χ4n) is 3.76. The first-order valence-corrected chi connectivity index (χ1v) is 8.88. The molecule has 0 radical (unpaired) electrons. The van der Waals surface area contributed by atoms with Crippen molar-refractivity contribution in [3.63, 3.8) is 0 Å². The van der Waals surface area contributed by atoms with E-state index in [4.69, 9.17) is 4.74 Å². The van der Waals surface area contributed by atoms with Crippen LogP contribution in [0, 0.1) is 11.3 Å². The van der Waals surface area contributed by atoms with E-state index in [0.717, 1.165) is 32.0 Å². The van der Waals surface area contributed by atoms with Crippen molar-refractivity contribution in [2.75, 3.05) is 33.9 Å². The van der Waals surface area contributed by atoms with Gasteiger partial charge in [-0.15, -0.1) is 0 Å². The molecule has 1 aliphatic carbocycles. The molecule has 1 aliphatic rings. The molecule has 0 bridgehead atoms. The van der Waals surface area contributed by atoms with E-state index >= 15 is 0 Å². The lowest BCUT2D eigenvalue weighted by molar-refractivity contribution is 0.0584. The highest BCUT2D eigenvalue weighted by atomic mass is 16.5. The van der Waals surface area contributed by atoms with Gasteiger partial charge in [-0.2, -0.15) is 0 Å². The molecule has 0 aromatic carbocycles. The second kappa shape index (κ2) is 9.12. The third-order valence-corrected chi connectivity index (χ3v) is 5.72. The van der Waals surface area contributed by atoms with Crippen molar-refractivity contribution in [3.8, 4) is 0 Å². The first-order valence-electron chi connectivity index (χ1n) is 8.88. The second-order valence-corrected chi connectivity index (χ2v) is 7.41. The zero-order valence-electron chi connectivity index (χ0n) is 15.2. The smallest absolute Gasteiger partial charge is 0.0474 e. The maximum absolute atomic E-state index is 5.20. The summed E-state index contributed by atoms with van der Waals surface area (Å²) >= 11 is 0. The predicted molar refractivity (Wildman–Crippen MR) is 91.8 cm³/mol. The number of nitrogens with zero attached hydrogens (tertiary/aromatic N) is 1. The molecule has 1 saturated carbocycles. The van der Waals surface area contributed by atoms with E-state index in [-0.39, 0.29) is 0 Å². The SMILES string of the molecule is CCNC1CCC(C(C)(C)CC)CC1N(C)CCCOC. The molecular formula is C18H38N2O. The zero-order chi connectivity index (χ0) is 15.9. The van der Waals surface area contributed by atoms with Crippen LogP contribution in [0.1, 0.15) is 59.8 Å². The van der Waals surface area contributed by atoms with Crippen LogP contribution in [0.2, 0.25) is 0 Å². The summed E-state index contributed by atoms with van der Waals surface area (Å²) in [5, 5.41) is 3.72. The van der Waals surface area contributed by atoms with E-state index in [1.807, 2.05) is 0 Å². The number of ether oxygens (including phenoxy) is 1. The van der Waals surface area contributed by atoms with Crippen LogP contribution in [-0.2, 0) is 4.74 Å². The van der Waals surface area contributed by atoms with E-state index in [9.17, 15) is 0 Å². The number of methoxy groups -OCH3 is 1. The van der Waals surface area contributed by atoms with Crippen LogP contribution in [0.5, 0.6) is 0 Å². The van der Waals surface area contributed by atoms with Gasteiger partial charge >= 0.3 is 0 Å². The van der Waals surface area contributed by atoms with Crippen molar-refractivity contribution >= 4 is 0 Å². The monoisotopic (exact) mass is 298 g/mol. The second-order valence-electron chi connectivity index (χ2n) is 7.41. The van der Waals surface area contributed by atoms with E-state index in [1.54, 1.807) is 7.11 Å². The van der Waals surface area contributed by atoms with Crippen molar-refractivity contribution in [3.05, 3.63) is 0 Å². The lowest BCUT2D eigenvalue weighted by atomic mass is 9.67. The van der Waals surface area contributed by atoms with Crippen molar-refractivity contribution in [1.82, 2.24) is 10.2 Å². The average molecular weight is 299 g/mol. The number of nitrogens with one attached hydrogen (secondary N) is 1. The van der Waals surface area contributed by atoms with Crippen LogP contribution in [0.3, 0.4) is 0 Å². The molecule has 1 rings (SSSR count). The van der Waals surface area contributed by atoms with Gasteiger partial charge in [0, 0.05) is 32.3 Å². The Kier molecular flexibility index (Phi) is 8.22. The van der Waals surface area contributed by atoms with Gasteiger partial charge < -0.3 is 15.0 Å². The summed E-state index contributed by atoms with van der Waals surface area (Å²) in [5.74, 6) is 0.854. The average Bonchev–Trinajstić information content (AvgIpc) is 2.48. The number of likely N-dealkylation sites (N-methyl/N-ethyl adjacent to an activating group) is 2. The maximum atomic E-state index is 5.20. The first-order chi connectivity index (χ1) is 9.96. The third kappa shape index (κ3) is 5.54. The molecule has 3 nitrogen and oxygen atoms in total. The Hall–Kier alpha value is -0.120. The summed E-state index contributed by atoms with van der Waals surface area (Å²) < 4.78 is 5.20. The van der Waals surface area contributed by atoms with Gasteiger partial charge in [-0.25, -0.2) is 0 Å². The first kappa shape index (κ1) is 18.9. The van der Waals surface area contributed by atoms with Crippen molar-refractivity contribution < 1.29 is 4.74 Å². The fraction of sp³-hybridized carbons (Fsp3) is 1.00. The van der Waals surface area contributed by atoms with Gasteiger partial charge in [0.05, 0.1) is 0 Å². The highest BCUT2D eigenvalue weighted by molar-refractivity contribution is 4.94. The molecule has 126 valence electrons. The quantitative estimate of drug-likeness (QED) is 0.659. The van der Waals surface area contributed by atoms with Crippen LogP contribution >= 0.6 is 0 Å². The van der Waals surface area contributed by atoms with Crippen LogP contribution in [0.4, 0.5) is 0 Å². The lowest BCUT2D eigenvalue weighted by Gasteiger charge is -2.46. The Morgan fingerprint density at radius 1 is 1.24 bits per heavy atom. The summed E-state index contributed by atoms with van der Waals surface area (Å²) in [6.45, 7) is 12.6. The highest BCUT2D eigenvalue weighted by Gasteiger charge is 2.38. The standard InChI is InChI=1S/C18H38N2O/c1-7-18(3,4)15-10-11-16(19-8-2)17(14-15)20(5)12-9-13-21-6/h15-17,19H,7-14H2,1-6H3. The predicted octanol–water partition coefficient (Wildman–Crippen LogP) is 3.54. The summed E-state index contributed by atoms with van der Waals surface area (Å²) in [7, 11) is 4.09. The molecule has 3 atom stereocenters. The van der Waals surface area contributed by atoms with Crippen molar-refractivity contribution in [2.24, 2.45) is 11.3 Å². The Balaban J connectivity index is 2.67. The molecule has 0 aromatic heterocycles. The molecule has 0 saturated heterocycles. The molecule has 3 unspecified atom stereocenters. The van der Waals surface area contributed by atoms with Gasteiger partial charge in [0.25, 0.3) is 0 Å². The van der Waals surface area contributed by atoms with E-state index < -0.39 is 0 Å². The van der Waals surface area contributed by atoms with Gasteiger partial charge in [-0.1, -0.05) is 34.1 Å². The Labute approximate surface area is 132 Å². The van der Waals surface area contributed by atoms with Gasteiger partial charge in [-0.3, -0.25) is 0 Å². The highest BCUT2D eigenvalue weighted by Crippen LogP contribution is 2.41. The van der Waals surface area contributed by atoms with Gasteiger partial charge in [0.2, 0.25) is 0 Å². The minimum atomic E-state index is 0.475. The zero-order valence-corrected chi connectivity index (χ0v) is 15.2. The Morgan fingerprint density at radius 3 is 2.52 bits per heavy atom. The summed E-state index contributed by atoms with van der Waals surface area (Å²) in [5.41, 5.74) is 0.475. The molecule has 0 aromatic rings. The van der Waals surface area contributed by atoms with E-state index in [1.165, 1.54) is 25.7 Å². The van der Waals surface area contributed by atoms with Gasteiger partial charge in [-0.05, 0) is 50.6 Å². The van der Waals surface area contributed by atoms with E-state index in [2.05, 4.69) is 45.0 Å². The number of hydrogen-bond donors (Lipinski definition) is 1. The van der Waals surface area contributed by atoms with Crippen LogP contribution < -0.4 is 5.32 Å². The van der Waals surface area contributed by atoms with Crippen molar-refractivity contribution in [1.29, 1.82) is 0 Å². The topological polar surface area (TPSA) is 24.5 Å².